The molecule has 0 saturated heterocycles. The van der Waals surface area contributed by atoms with Crippen molar-refractivity contribution >= 4 is 22.8 Å². The van der Waals surface area contributed by atoms with Crippen LogP contribution in [0.4, 0.5) is 0 Å². The summed E-state index contributed by atoms with van der Waals surface area (Å²) in [5, 5.41) is 8.20. The molecule has 0 aliphatic carbocycles. The van der Waals surface area contributed by atoms with Gasteiger partial charge < -0.3 is 5.11 Å². The fraction of sp³-hybridized carbons (Fsp3) is 0.429. The molecule has 62 valence electrons. The second kappa shape index (κ2) is 4.96. The van der Waals surface area contributed by atoms with Gasteiger partial charge in [0.2, 0.25) is 5.12 Å². The molecule has 0 aromatic rings. The predicted molar refractivity (Wildman–Crippen MR) is 44.5 cm³/mol. The zero-order chi connectivity index (χ0) is 8.85. The van der Waals surface area contributed by atoms with Crippen LogP contribution in [0.3, 0.4) is 0 Å². The van der Waals surface area contributed by atoms with E-state index in [-0.39, 0.29) is 11.5 Å². The van der Waals surface area contributed by atoms with Crippen molar-refractivity contribution in [1.29, 1.82) is 0 Å². The fourth-order valence-corrected chi connectivity index (χ4v) is 1.09. The van der Waals surface area contributed by atoms with Gasteiger partial charge in [0.1, 0.15) is 5.92 Å². The first-order valence-electron chi connectivity index (χ1n) is 3.05. The van der Waals surface area contributed by atoms with Crippen molar-refractivity contribution in [2.75, 3.05) is 6.26 Å². The first kappa shape index (κ1) is 10.2. The van der Waals surface area contributed by atoms with Crippen LogP contribution in [0.5, 0.6) is 0 Å². The summed E-state index contributed by atoms with van der Waals surface area (Å²) in [7, 11) is 0. The summed E-state index contributed by atoms with van der Waals surface area (Å²) in [6.45, 7) is 3.37. The van der Waals surface area contributed by atoms with Crippen LogP contribution in [0.25, 0.3) is 0 Å². The standard InChI is InChI=1S/C7H10O3S/c1-3-4-5(6(8)9)7(10)11-2/h3,5H,1,4H2,2H3,(H,8,9). The third kappa shape index (κ3) is 3.23. The number of allylic oxidation sites excluding steroid dienone is 1. The third-order valence-electron chi connectivity index (χ3n) is 1.19. The summed E-state index contributed by atoms with van der Waals surface area (Å²) in [4.78, 5) is 21.3. The van der Waals surface area contributed by atoms with Gasteiger partial charge in [-0.1, -0.05) is 17.8 Å². The van der Waals surface area contributed by atoms with Crippen LogP contribution in [-0.2, 0) is 9.59 Å². The Morgan fingerprint density at radius 3 is 2.55 bits per heavy atom. The predicted octanol–water partition coefficient (Wildman–Crippen LogP) is 1.15. The molecule has 0 saturated carbocycles. The van der Waals surface area contributed by atoms with Crippen molar-refractivity contribution in [3.05, 3.63) is 12.7 Å². The van der Waals surface area contributed by atoms with Gasteiger partial charge >= 0.3 is 5.97 Å². The first-order valence-corrected chi connectivity index (χ1v) is 4.27. The smallest absolute Gasteiger partial charge is 0.315 e. The van der Waals surface area contributed by atoms with Crippen LogP contribution in [0.15, 0.2) is 12.7 Å². The summed E-state index contributed by atoms with van der Waals surface area (Å²) < 4.78 is 0. The lowest BCUT2D eigenvalue weighted by Crippen LogP contribution is -2.20. The molecular formula is C7H10O3S. The molecule has 0 heterocycles. The van der Waals surface area contributed by atoms with E-state index in [1.807, 2.05) is 0 Å². The maximum absolute atomic E-state index is 10.9. The van der Waals surface area contributed by atoms with Crippen LogP contribution < -0.4 is 0 Å². The van der Waals surface area contributed by atoms with Crippen molar-refractivity contribution in [2.45, 2.75) is 6.42 Å². The van der Waals surface area contributed by atoms with E-state index in [0.717, 1.165) is 11.8 Å². The van der Waals surface area contributed by atoms with E-state index < -0.39 is 11.9 Å². The largest absolute Gasteiger partial charge is 0.481 e. The summed E-state index contributed by atoms with van der Waals surface area (Å²) in [5.41, 5.74) is 0. The molecule has 0 rings (SSSR count). The average molecular weight is 174 g/mol. The van der Waals surface area contributed by atoms with Gasteiger partial charge in [0.15, 0.2) is 0 Å². The lowest BCUT2D eigenvalue weighted by molar-refractivity contribution is -0.143. The maximum atomic E-state index is 10.9. The Hall–Kier alpha value is -0.770. The number of carboxylic acid groups (broad SMARTS) is 1. The van der Waals surface area contributed by atoms with E-state index in [2.05, 4.69) is 6.58 Å². The molecule has 1 N–H and O–H groups in total. The van der Waals surface area contributed by atoms with E-state index in [1.165, 1.54) is 6.08 Å². The van der Waals surface area contributed by atoms with Crippen molar-refractivity contribution in [3.63, 3.8) is 0 Å². The summed E-state index contributed by atoms with van der Waals surface area (Å²) in [6.07, 6.45) is 3.21. The van der Waals surface area contributed by atoms with E-state index in [1.54, 1.807) is 6.26 Å². The van der Waals surface area contributed by atoms with Crippen LogP contribution in [0.2, 0.25) is 0 Å². The number of rotatable bonds is 4. The molecule has 0 aromatic heterocycles. The third-order valence-corrected chi connectivity index (χ3v) is 1.87. The lowest BCUT2D eigenvalue weighted by Gasteiger charge is -2.04. The number of aliphatic carboxylic acids is 1. The van der Waals surface area contributed by atoms with Crippen molar-refractivity contribution in [2.24, 2.45) is 5.92 Å². The van der Waals surface area contributed by atoms with Gasteiger partial charge in [-0.3, -0.25) is 9.59 Å². The Balaban J connectivity index is 4.20. The summed E-state index contributed by atoms with van der Waals surface area (Å²) in [5.74, 6) is -2.01. The fourth-order valence-electron chi connectivity index (χ4n) is 0.607. The minimum absolute atomic E-state index is 0.203. The zero-order valence-electron chi connectivity index (χ0n) is 6.24. The molecule has 0 bridgehead atoms. The van der Waals surface area contributed by atoms with Crippen molar-refractivity contribution in [3.8, 4) is 0 Å². The monoisotopic (exact) mass is 174 g/mol. The number of carbonyl (C=O) groups excluding carboxylic acids is 1. The van der Waals surface area contributed by atoms with E-state index in [0.29, 0.717) is 0 Å². The summed E-state index contributed by atoms with van der Waals surface area (Å²) in [6, 6.07) is 0. The topological polar surface area (TPSA) is 54.4 Å². The van der Waals surface area contributed by atoms with Crippen LogP contribution in [0.1, 0.15) is 6.42 Å². The maximum Gasteiger partial charge on any atom is 0.315 e. The van der Waals surface area contributed by atoms with Gasteiger partial charge in [0, 0.05) is 0 Å². The van der Waals surface area contributed by atoms with E-state index in [9.17, 15) is 9.59 Å². The molecule has 3 nitrogen and oxygen atoms in total. The zero-order valence-corrected chi connectivity index (χ0v) is 7.06. The van der Waals surface area contributed by atoms with Gasteiger partial charge in [-0.25, -0.2) is 0 Å². The highest BCUT2D eigenvalue weighted by molar-refractivity contribution is 8.13. The Kier molecular flexibility index (Phi) is 4.61. The van der Waals surface area contributed by atoms with Gasteiger partial charge in [-0.15, -0.1) is 6.58 Å². The highest BCUT2D eigenvalue weighted by atomic mass is 32.2. The van der Waals surface area contributed by atoms with Gasteiger partial charge in [0.05, 0.1) is 0 Å². The van der Waals surface area contributed by atoms with Crippen LogP contribution in [0, 0.1) is 5.92 Å². The molecule has 0 spiro atoms. The number of hydrogen-bond acceptors (Lipinski definition) is 3. The van der Waals surface area contributed by atoms with Gasteiger partial charge in [0.25, 0.3) is 0 Å². The molecule has 0 amide bonds. The highest BCUT2D eigenvalue weighted by Gasteiger charge is 2.23. The number of hydrogen-bond donors (Lipinski definition) is 1. The molecule has 0 aliphatic rings. The quantitative estimate of drug-likeness (QED) is 0.513. The Morgan fingerprint density at radius 1 is 1.73 bits per heavy atom. The average Bonchev–Trinajstić information content (AvgIpc) is 1.98. The molecule has 0 radical (unpaired) electrons. The number of thioether (sulfide) groups is 1. The minimum atomic E-state index is -1.08. The van der Waals surface area contributed by atoms with Crippen LogP contribution >= 0.6 is 11.8 Å². The number of carbonyl (C=O) groups is 2. The molecule has 0 fully saturated rings. The van der Waals surface area contributed by atoms with E-state index in [4.69, 9.17) is 5.11 Å². The van der Waals surface area contributed by atoms with Crippen LogP contribution in [-0.4, -0.2) is 22.4 Å². The molecule has 1 atom stereocenters. The minimum Gasteiger partial charge on any atom is -0.481 e. The SMILES string of the molecule is C=CCC(C(=O)O)C(=O)SC. The highest BCUT2D eigenvalue weighted by Crippen LogP contribution is 2.12. The second-order valence-corrected chi connectivity index (χ2v) is 2.75. The molecular weight excluding hydrogens is 164 g/mol. The Morgan fingerprint density at radius 2 is 2.27 bits per heavy atom. The van der Waals surface area contributed by atoms with E-state index >= 15 is 0 Å². The molecule has 1 unspecified atom stereocenters. The lowest BCUT2D eigenvalue weighted by atomic mass is 10.1. The first-order chi connectivity index (χ1) is 5.13. The number of carboxylic acids is 1. The molecule has 0 aromatic carbocycles. The second-order valence-electron chi connectivity index (χ2n) is 1.94. The van der Waals surface area contributed by atoms with Crippen molar-refractivity contribution in [1.82, 2.24) is 0 Å². The Labute approximate surface area is 69.5 Å². The Bertz CT molecular complexity index is 177. The van der Waals surface area contributed by atoms with Gasteiger partial charge in [-0.05, 0) is 12.7 Å². The summed E-state index contributed by atoms with van der Waals surface area (Å²) >= 11 is 0.934. The molecule has 0 aliphatic heterocycles. The molecule has 4 heteroatoms. The van der Waals surface area contributed by atoms with Crippen molar-refractivity contribution < 1.29 is 14.7 Å². The molecule has 11 heavy (non-hydrogen) atoms. The normalized spacial score (nSPS) is 12.1. The van der Waals surface area contributed by atoms with Gasteiger partial charge in [-0.2, -0.15) is 0 Å².